The Hall–Kier alpha value is -1.71. The minimum Gasteiger partial charge on any atom is -0.422 e. The second-order valence-corrected chi connectivity index (χ2v) is 2.36. The maximum atomic E-state index is 5.32. The van der Waals surface area contributed by atoms with Crippen LogP contribution in [-0.4, -0.2) is 17.0 Å². The van der Waals surface area contributed by atoms with E-state index in [1.165, 1.54) is 0 Å². The molecule has 2 rings (SSSR count). The number of H-pyrrole nitrogens is 1. The molecule has 2 N–H and O–H groups in total. The predicted octanol–water partition coefficient (Wildman–Crippen LogP) is 1.71. The second-order valence-electron chi connectivity index (χ2n) is 2.36. The summed E-state index contributed by atoms with van der Waals surface area (Å²) in [6.07, 6.45) is 3.52. The van der Waals surface area contributed by atoms with E-state index in [2.05, 4.69) is 15.3 Å². The summed E-state index contributed by atoms with van der Waals surface area (Å²) in [5, 5.41) is 2.82. The maximum absolute atomic E-state index is 5.32. The number of aromatic nitrogens is 2. The minimum atomic E-state index is 0.527. The number of hydrogen-bond acceptors (Lipinski definition) is 3. The lowest BCUT2D eigenvalue weighted by molar-refractivity contribution is 0.588. The summed E-state index contributed by atoms with van der Waals surface area (Å²) in [5.74, 6) is 0.740. The fraction of sp³-hybridized carbons (Fsp3) is 0.125. The Balaban J connectivity index is 2.35. The van der Waals surface area contributed by atoms with Gasteiger partial charge >= 0.3 is 0 Å². The molecule has 12 heavy (non-hydrogen) atoms. The van der Waals surface area contributed by atoms with Crippen LogP contribution in [0.3, 0.4) is 0 Å². The third kappa shape index (κ3) is 1.07. The molecule has 0 unspecified atom stereocenters. The van der Waals surface area contributed by atoms with Crippen LogP contribution in [0.5, 0.6) is 0 Å². The molecular formula is C8H9N3O. The molecule has 62 valence electrons. The van der Waals surface area contributed by atoms with Crippen LogP contribution in [0.2, 0.25) is 0 Å². The fourth-order valence-electron chi connectivity index (χ4n) is 0.998. The van der Waals surface area contributed by atoms with Gasteiger partial charge in [0.05, 0.1) is 11.9 Å². The molecule has 0 aliphatic carbocycles. The molecule has 2 aromatic heterocycles. The maximum Gasteiger partial charge on any atom is 0.294 e. The Kier molecular flexibility index (Phi) is 1.59. The minimum absolute atomic E-state index is 0.527. The monoisotopic (exact) mass is 163 g/mol. The van der Waals surface area contributed by atoms with Gasteiger partial charge in [0, 0.05) is 13.2 Å². The highest BCUT2D eigenvalue weighted by molar-refractivity contribution is 5.52. The Morgan fingerprint density at radius 1 is 1.58 bits per heavy atom. The van der Waals surface area contributed by atoms with Gasteiger partial charge in [0.2, 0.25) is 0 Å². The van der Waals surface area contributed by atoms with Crippen LogP contribution in [0, 0.1) is 0 Å². The third-order valence-corrected chi connectivity index (χ3v) is 1.58. The van der Waals surface area contributed by atoms with Crippen molar-refractivity contribution in [2.75, 3.05) is 12.4 Å². The highest BCUT2D eigenvalue weighted by Gasteiger charge is 2.03. The first-order valence-corrected chi connectivity index (χ1v) is 3.67. The molecule has 0 aromatic carbocycles. The highest BCUT2D eigenvalue weighted by atomic mass is 16.4. The van der Waals surface area contributed by atoms with E-state index in [0.29, 0.717) is 6.01 Å². The molecule has 2 aromatic rings. The number of anilines is 1. The molecule has 0 aliphatic rings. The Labute approximate surface area is 69.6 Å². The molecule has 0 bridgehead atoms. The Morgan fingerprint density at radius 3 is 3.08 bits per heavy atom. The van der Waals surface area contributed by atoms with E-state index in [-0.39, 0.29) is 0 Å². The highest BCUT2D eigenvalue weighted by Crippen LogP contribution is 2.19. The molecule has 4 heteroatoms. The summed E-state index contributed by atoms with van der Waals surface area (Å²) < 4.78 is 5.32. The number of nitrogens with zero attached hydrogens (tertiary/aromatic N) is 1. The molecule has 0 fully saturated rings. The lowest BCUT2D eigenvalue weighted by Gasteiger charge is -1.89. The van der Waals surface area contributed by atoms with Crippen LogP contribution in [0.1, 0.15) is 0 Å². The van der Waals surface area contributed by atoms with Gasteiger partial charge in [-0.15, -0.1) is 0 Å². The topological polar surface area (TPSA) is 53.9 Å². The zero-order chi connectivity index (χ0) is 8.39. The molecule has 0 aliphatic heterocycles. The van der Waals surface area contributed by atoms with Crippen molar-refractivity contribution in [3.05, 3.63) is 24.5 Å². The van der Waals surface area contributed by atoms with Crippen molar-refractivity contribution in [3.63, 3.8) is 0 Å². The van der Waals surface area contributed by atoms with Crippen molar-refractivity contribution in [3.8, 4) is 11.5 Å². The summed E-state index contributed by atoms with van der Waals surface area (Å²) in [6.45, 7) is 0. The predicted molar refractivity (Wildman–Crippen MR) is 45.8 cm³/mol. The number of aromatic amines is 1. The summed E-state index contributed by atoms with van der Waals surface area (Å²) in [7, 11) is 1.77. The van der Waals surface area contributed by atoms with E-state index in [1.807, 2.05) is 18.3 Å². The van der Waals surface area contributed by atoms with Gasteiger partial charge in [0.25, 0.3) is 6.01 Å². The largest absolute Gasteiger partial charge is 0.422 e. The summed E-state index contributed by atoms with van der Waals surface area (Å²) >= 11 is 0. The van der Waals surface area contributed by atoms with Gasteiger partial charge in [-0.1, -0.05) is 0 Å². The Morgan fingerprint density at radius 2 is 2.50 bits per heavy atom. The van der Waals surface area contributed by atoms with E-state index in [0.717, 1.165) is 11.5 Å². The average Bonchev–Trinajstić information content (AvgIpc) is 2.75. The standard InChI is InChI=1S/C8H9N3O/c1-9-8-11-5-7(12-8)6-3-2-4-10-6/h2-5,10H,1H3,(H,9,11). The number of hydrogen-bond donors (Lipinski definition) is 2. The van der Waals surface area contributed by atoms with Gasteiger partial charge in [0.15, 0.2) is 5.76 Å². The van der Waals surface area contributed by atoms with Gasteiger partial charge in [-0.05, 0) is 12.1 Å². The molecule has 0 radical (unpaired) electrons. The van der Waals surface area contributed by atoms with Gasteiger partial charge in [-0.3, -0.25) is 0 Å². The van der Waals surface area contributed by atoms with Crippen LogP contribution in [0.4, 0.5) is 6.01 Å². The molecule has 0 spiro atoms. The van der Waals surface area contributed by atoms with Gasteiger partial charge < -0.3 is 14.7 Å². The normalized spacial score (nSPS) is 10.1. The zero-order valence-corrected chi connectivity index (χ0v) is 6.66. The van der Waals surface area contributed by atoms with Crippen LogP contribution in [-0.2, 0) is 0 Å². The lowest BCUT2D eigenvalue weighted by Crippen LogP contribution is -1.84. The van der Waals surface area contributed by atoms with E-state index in [4.69, 9.17) is 4.42 Å². The number of rotatable bonds is 2. The van der Waals surface area contributed by atoms with Crippen molar-refractivity contribution in [1.29, 1.82) is 0 Å². The van der Waals surface area contributed by atoms with Crippen molar-refractivity contribution >= 4 is 6.01 Å². The van der Waals surface area contributed by atoms with Crippen LogP contribution in [0.15, 0.2) is 28.9 Å². The molecule has 0 saturated heterocycles. The quantitative estimate of drug-likeness (QED) is 0.708. The van der Waals surface area contributed by atoms with Crippen molar-refractivity contribution < 1.29 is 4.42 Å². The second kappa shape index (κ2) is 2.73. The first-order chi connectivity index (χ1) is 5.90. The molecule has 4 nitrogen and oxygen atoms in total. The average molecular weight is 163 g/mol. The molecule has 0 amide bonds. The lowest BCUT2D eigenvalue weighted by atomic mass is 10.4. The summed E-state index contributed by atoms with van der Waals surface area (Å²) in [4.78, 5) is 7.02. The number of nitrogens with one attached hydrogen (secondary N) is 2. The van der Waals surface area contributed by atoms with E-state index in [1.54, 1.807) is 13.2 Å². The van der Waals surface area contributed by atoms with Crippen LogP contribution >= 0.6 is 0 Å². The number of oxazole rings is 1. The van der Waals surface area contributed by atoms with Crippen molar-refractivity contribution in [2.45, 2.75) is 0 Å². The fourth-order valence-corrected chi connectivity index (χ4v) is 0.998. The van der Waals surface area contributed by atoms with E-state index < -0.39 is 0 Å². The van der Waals surface area contributed by atoms with Gasteiger partial charge in [0.1, 0.15) is 0 Å². The first-order valence-electron chi connectivity index (χ1n) is 3.67. The van der Waals surface area contributed by atoms with Crippen molar-refractivity contribution in [1.82, 2.24) is 9.97 Å². The Bertz CT molecular complexity index is 350. The smallest absolute Gasteiger partial charge is 0.294 e. The zero-order valence-electron chi connectivity index (χ0n) is 6.66. The molecule has 2 heterocycles. The van der Waals surface area contributed by atoms with Gasteiger partial charge in [-0.2, -0.15) is 0 Å². The first kappa shape index (κ1) is 6.97. The molecule has 0 saturated carbocycles. The van der Waals surface area contributed by atoms with Crippen molar-refractivity contribution in [2.24, 2.45) is 0 Å². The summed E-state index contributed by atoms with van der Waals surface area (Å²) in [5.41, 5.74) is 0.934. The van der Waals surface area contributed by atoms with Crippen LogP contribution in [0.25, 0.3) is 11.5 Å². The SMILES string of the molecule is CNc1ncc(-c2ccc[nH]2)o1. The van der Waals surface area contributed by atoms with E-state index in [9.17, 15) is 0 Å². The van der Waals surface area contributed by atoms with Crippen LogP contribution < -0.4 is 5.32 Å². The van der Waals surface area contributed by atoms with E-state index >= 15 is 0 Å². The third-order valence-electron chi connectivity index (χ3n) is 1.58. The summed E-state index contributed by atoms with van der Waals surface area (Å²) in [6, 6.07) is 4.37. The molecule has 0 atom stereocenters. The molecular weight excluding hydrogens is 154 g/mol. The van der Waals surface area contributed by atoms with Gasteiger partial charge in [-0.25, -0.2) is 4.98 Å².